The van der Waals surface area contributed by atoms with Gasteiger partial charge in [0.15, 0.2) is 0 Å². The van der Waals surface area contributed by atoms with Crippen LogP contribution >= 0.6 is 23.2 Å². The van der Waals surface area contributed by atoms with Crippen molar-refractivity contribution in [2.45, 2.75) is 6.42 Å². The van der Waals surface area contributed by atoms with E-state index >= 15 is 0 Å². The molecule has 2 rings (SSSR count). The molecule has 1 aromatic rings. The first kappa shape index (κ1) is 12.6. The van der Waals surface area contributed by atoms with Gasteiger partial charge in [0.2, 0.25) is 0 Å². The summed E-state index contributed by atoms with van der Waals surface area (Å²) < 4.78 is 5.30. The molecular formula is C11H12Cl2N2O2. The molecule has 0 atom stereocenters. The third kappa shape index (κ3) is 3.09. The molecule has 92 valence electrons. The number of ether oxygens (including phenoxy) is 1. The van der Waals surface area contributed by atoms with Gasteiger partial charge in [-0.15, -0.1) is 0 Å². The topological polar surface area (TPSA) is 42.4 Å². The van der Waals surface area contributed by atoms with Crippen LogP contribution in [0, 0.1) is 0 Å². The molecule has 0 unspecified atom stereocenters. The van der Waals surface area contributed by atoms with E-state index in [1.807, 2.05) is 0 Å². The summed E-state index contributed by atoms with van der Waals surface area (Å²) in [5, 5.41) is 0.506. The Morgan fingerprint density at radius 3 is 2.94 bits per heavy atom. The molecule has 0 saturated carbocycles. The molecule has 1 aliphatic heterocycles. The molecule has 0 N–H and O–H groups in total. The highest BCUT2D eigenvalue weighted by Gasteiger charge is 2.18. The molecule has 1 aromatic heterocycles. The van der Waals surface area contributed by atoms with E-state index in [0.717, 1.165) is 6.42 Å². The van der Waals surface area contributed by atoms with Crippen molar-refractivity contribution in [2.24, 2.45) is 0 Å². The largest absolute Gasteiger partial charge is 0.380 e. The SMILES string of the molecule is O=C(c1cnc(Cl)c(Cl)c1)N1CCCOCC1. The minimum atomic E-state index is -0.0819. The van der Waals surface area contributed by atoms with Gasteiger partial charge in [0.1, 0.15) is 5.15 Å². The molecule has 4 nitrogen and oxygen atoms in total. The smallest absolute Gasteiger partial charge is 0.255 e. The van der Waals surface area contributed by atoms with Gasteiger partial charge in [-0.25, -0.2) is 4.98 Å². The summed E-state index contributed by atoms with van der Waals surface area (Å²) in [5.74, 6) is -0.0819. The summed E-state index contributed by atoms with van der Waals surface area (Å²) in [4.78, 5) is 17.8. The van der Waals surface area contributed by atoms with Crippen LogP contribution in [0.15, 0.2) is 12.3 Å². The summed E-state index contributed by atoms with van der Waals surface area (Å²) >= 11 is 11.5. The monoisotopic (exact) mass is 274 g/mol. The highest BCUT2D eigenvalue weighted by atomic mass is 35.5. The fourth-order valence-electron chi connectivity index (χ4n) is 1.67. The molecule has 0 spiro atoms. The molecule has 1 fully saturated rings. The van der Waals surface area contributed by atoms with Crippen LogP contribution in [0.25, 0.3) is 0 Å². The van der Waals surface area contributed by atoms with Crippen molar-refractivity contribution < 1.29 is 9.53 Å². The van der Waals surface area contributed by atoms with E-state index in [-0.39, 0.29) is 11.1 Å². The second kappa shape index (κ2) is 5.67. The average molecular weight is 275 g/mol. The van der Waals surface area contributed by atoms with Crippen LogP contribution in [0.1, 0.15) is 16.8 Å². The van der Waals surface area contributed by atoms with E-state index in [0.29, 0.717) is 36.9 Å². The standard InChI is InChI=1S/C11H12Cl2N2O2/c12-9-6-8(7-14-10(9)13)11(16)15-2-1-4-17-5-3-15/h6-7H,1-5H2. The second-order valence-corrected chi connectivity index (χ2v) is 4.52. The maximum atomic E-state index is 12.1. The van der Waals surface area contributed by atoms with Crippen LogP contribution in [-0.2, 0) is 4.74 Å². The lowest BCUT2D eigenvalue weighted by Crippen LogP contribution is -2.33. The normalized spacial score (nSPS) is 16.7. The molecule has 1 saturated heterocycles. The van der Waals surface area contributed by atoms with Crippen molar-refractivity contribution in [2.75, 3.05) is 26.3 Å². The maximum absolute atomic E-state index is 12.1. The van der Waals surface area contributed by atoms with E-state index < -0.39 is 0 Å². The van der Waals surface area contributed by atoms with Crippen molar-refractivity contribution in [3.8, 4) is 0 Å². The van der Waals surface area contributed by atoms with Crippen LogP contribution in [0.5, 0.6) is 0 Å². The molecule has 6 heteroatoms. The van der Waals surface area contributed by atoms with Gasteiger partial charge < -0.3 is 9.64 Å². The Hall–Kier alpha value is -0.840. The van der Waals surface area contributed by atoms with E-state index in [2.05, 4.69) is 4.98 Å². The molecule has 17 heavy (non-hydrogen) atoms. The number of aromatic nitrogens is 1. The van der Waals surface area contributed by atoms with Crippen LogP contribution in [-0.4, -0.2) is 42.1 Å². The zero-order valence-electron chi connectivity index (χ0n) is 9.16. The van der Waals surface area contributed by atoms with Crippen LogP contribution in [0.3, 0.4) is 0 Å². The maximum Gasteiger partial charge on any atom is 0.255 e. The number of carbonyl (C=O) groups excluding carboxylic acids is 1. The summed E-state index contributed by atoms with van der Waals surface area (Å²) in [6, 6.07) is 1.55. The van der Waals surface area contributed by atoms with Crippen LogP contribution < -0.4 is 0 Å². The lowest BCUT2D eigenvalue weighted by atomic mass is 10.2. The molecule has 0 radical (unpaired) electrons. The van der Waals surface area contributed by atoms with Gasteiger partial charge in [0, 0.05) is 25.9 Å². The van der Waals surface area contributed by atoms with Gasteiger partial charge in [-0.1, -0.05) is 23.2 Å². The Morgan fingerprint density at radius 2 is 2.18 bits per heavy atom. The zero-order chi connectivity index (χ0) is 12.3. The number of amides is 1. The van der Waals surface area contributed by atoms with Crippen molar-refractivity contribution in [3.05, 3.63) is 28.0 Å². The van der Waals surface area contributed by atoms with Gasteiger partial charge in [-0.05, 0) is 12.5 Å². The summed E-state index contributed by atoms with van der Waals surface area (Å²) in [6.45, 7) is 2.56. The predicted molar refractivity (Wildman–Crippen MR) is 65.6 cm³/mol. The number of hydrogen-bond acceptors (Lipinski definition) is 3. The minimum absolute atomic E-state index is 0.0819. The molecule has 0 aromatic carbocycles. The number of nitrogens with zero attached hydrogens (tertiary/aromatic N) is 2. The molecule has 1 amide bonds. The van der Waals surface area contributed by atoms with Gasteiger partial charge in [0.25, 0.3) is 5.91 Å². The zero-order valence-corrected chi connectivity index (χ0v) is 10.7. The van der Waals surface area contributed by atoms with Gasteiger partial charge in [-0.3, -0.25) is 4.79 Å². The summed E-state index contributed by atoms with van der Waals surface area (Å²) in [6.07, 6.45) is 2.29. The second-order valence-electron chi connectivity index (χ2n) is 3.75. The average Bonchev–Trinajstić information content (AvgIpc) is 2.60. The number of hydrogen-bond donors (Lipinski definition) is 0. The molecule has 0 aliphatic carbocycles. The van der Waals surface area contributed by atoms with E-state index in [1.54, 1.807) is 11.0 Å². The number of rotatable bonds is 1. The molecular weight excluding hydrogens is 263 g/mol. The van der Waals surface area contributed by atoms with Gasteiger partial charge in [0.05, 0.1) is 17.2 Å². The first-order valence-corrected chi connectivity index (χ1v) is 6.12. The Labute approximate surface area is 109 Å². The van der Waals surface area contributed by atoms with Crippen molar-refractivity contribution in [1.82, 2.24) is 9.88 Å². The van der Waals surface area contributed by atoms with E-state index in [4.69, 9.17) is 27.9 Å². The third-order valence-electron chi connectivity index (χ3n) is 2.55. The molecule has 2 heterocycles. The predicted octanol–water partition coefficient (Wildman–Crippen LogP) is 2.25. The third-order valence-corrected chi connectivity index (χ3v) is 3.24. The summed E-state index contributed by atoms with van der Waals surface area (Å²) in [5.41, 5.74) is 0.460. The molecule has 0 bridgehead atoms. The fraction of sp³-hybridized carbons (Fsp3) is 0.455. The first-order chi connectivity index (χ1) is 8.18. The van der Waals surface area contributed by atoms with Crippen molar-refractivity contribution in [1.29, 1.82) is 0 Å². The Balaban J connectivity index is 2.14. The highest BCUT2D eigenvalue weighted by Crippen LogP contribution is 2.20. The van der Waals surface area contributed by atoms with E-state index in [9.17, 15) is 4.79 Å². The lowest BCUT2D eigenvalue weighted by Gasteiger charge is -2.19. The van der Waals surface area contributed by atoms with Crippen molar-refractivity contribution in [3.63, 3.8) is 0 Å². The Bertz CT molecular complexity index is 418. The summed E-state index contributed by atoms with van der Waals surface area (Å²) in [7, 11) is 0. The number of carbonyl (C=O) groups is 1. The van der Waals surface area contributed by atoms with Crippen LogP contribution in [0.2, 0.25) is 10.2 Å². The molecule has 1 aliphatic rings. The Kier molecular flexibility index (Phi) is 4.20. The number of pyridine rings is 1. The first-order valence-electron chi connectivity index (χ1n) is 5.36. The lowest BCUT2D eigenvalue weighted by molar-refractivity contribution is 0.0741. The fourth-order valence-corrected chi connectivity index (χ4v) is 1.94. The quantitative estimate of drug-likeness (QED) is 0.738. The van der Waals surface area contributed by atoms with Gasteiger partial charge >= 0.3 is 0 Å². The van der Waals surface area contributed by atoms with Gasteiger partial charge in [-0.2, -0.15) is 0 Å². The number of halogens is 2. The van der Waals surface area contributed by atoms with Crippen LogP contribution in [0.4, 0.5) is 0 Å². The Morgan fingerprint density at radius 1 is 1.35 bits per heavy atom. The van der Waals surface area contributed by atoms with Crippen molar-refractivity contribution >= 4 is 29.1 Å². The highest BCUT2D eigenvalue weighted by molar-refractivity contribution is 6.41. The van der Waals surface area contributed by atoms with E-state index in [1.165, 1.54) is 6.20 Å². The minimum Gasteiger partial charge on any atom is -0.380 e.